The molecule has 6 rings (SSSR count). The number of fused-ring (bicyclic) bond motifs is 3. The molecule has 2 N–H and O–H groups in total. The van der Waals surface area contributed by atoms with E-state index in [0.29, 0.717) is 41.0 Å². The van der Waals surface area contributed by atoms with Crippen LogP contribution in [-0.4, -0.2) is 35.2 Å². The second-order valence-electron chi connectivity index (χ2n) is 12.7. The van der Waals surface area contributed by atoms with Gasteiger partial charge < -0.3 is 14.8 Å². The molecule has 2 fully saturated rings. The molecule has 0 radical (unpaired) electrons. The van der Waals surface area contributed by atoms with Crippen molar-refractivity contribution in [1.29, 1.82) is 0 Å². The molecule has 3 aromatic rings. The van der Waals surface area contributed by atoms with Crippen LogP contribution < -0.4 is 4.90 Å². The number of alkyl halides is 6. The molecule has 3 aliphatic rings. The Morgan fingerprint density at radius 1 is 0.940 bits per heavy atom. The van der Waals surface area contributed by atoms with Crippen LogP contribution in [0.1, 0.15) is 54.9 Å². The summed E-state index contributed by atoms with van der Waals surface area (Å²) in [6.07, 6.45) is -8.37. The summed E-state index contributed by atoms with van der Waals surface area (Å²) in [7, 11) is -1.37. The second kappa shape index (κ2) is 13.4. The maximum absolute atomic E-state index is 14.2. The monoisotopic (exact) mass is 701 g/mol. The molecule has 2 heterocycles. The first kappa shape index (κ1) is 35.4. The van der Waals surface area contributed by atoms with Gasteiger partial charge in [0, 0.05) is 0 Å². The third-order valence-electron chi connectivity index (χ3n) is 9.70. The van der Waals surface area contributed by atoms with E-state index in [-0.39, 0.29) is 25.2 Å². The number of carbonyl (C=O) groups excluding carboxylic acids is 2. The lowest BCUT2D eigenvalue weighted by molar-refractivity contribution is -0.143. The Hall–Kier alpha value is -4.43. The van der Waals surface area contributed by atoms with E-state index < -0.39 is 83.5 Å². The third kappa shape index (κ3) is 6.83. The van der Waals surface area contributed by atoms with Crippen molar-refractivity contribution in [3.63, 3.8) is 0 Å². The summed E-state index contributed by atoms with van der Waals surface area (Å²) in [5, 5.41) is 20.5. The number of aromatic hydroxyl groups is 1. The van der Waals surface area contributed by atoms with Crippen molar-refractivity contribution in [3.8, 4) is 5.75 Å². The minimum absolute atomic E-state index is 0.0449. The molecule has 0 bridgehead atoms. The fourth-order valence-electron chi connectivity index (χ4n) is 7.48. The molecule has 262 valence electrons. The molecule has 4 atom stereocenters. The maximum atomic E-state index is 14.2. The van der Waals surface area contributed by atoms with Gasteiger partial charge in [0.2, 0.25) is 11.8 Å². The van der Waals surface area contributed by atoms with E-state index in [1.54, 1.807) is 12.1 Å². The first-order valence-electron chi connectivity index (χ1n) is 16.0. The number of carbonyl (C=O) groups is 2. The smallest absolute Gasteiger partial charge is 0.455 e. The van der Waals surface area contributed by atoms with Crippen LogP contribution in [0.5, 0.6) is 5.75 Å². The van der Waals surface area contributed by atoms with E-state index in [0.717, 1.165) is 16.7 Å². The second-order valence-corrected chi connectivity index (χ2v) is 12.7. The quantitative estimate of drug-likeness (QED) is 0.0852. The van der Waals surface area contributed by atoms with Gasteiger partial charge in [-0.2, -0.15) is 26.3 Å². The minimum atomic E-state index is -5.18. The lowest BCUT2D eigenvalue weighted by atomic mass is 9.58. The van der Waals surface area contributed by atoms with Crippen LogP contribution in [-0.2, 0) is 26.6 Å². The summed E-state index contributed by atoms with van der Waals surface area (Å²) in [5.74, 6) is -6.08. The molecule has 2 aliphatic heterocycles. The number of allylic oxidation sites excluding steroid dienone is 2. The molecule has 6 nitrogen and oxygen atoms in total. The Balaban J connectivity index is 1.34. The molecule has 14 heteroatoms. The molecule has 0 spiro atoms. The van der Waals surface area contributed by atoms with Crippen molar-refractivity contribution < 1.29 is 55.1 Å². The van der Waals surface area contributed by atoms with E-state index in [2.05, 4.69) is 0 Å². The third-order valence-corrected chi connectivity index (χ3v) is 9.70. The topological polar surface area (TPSA) is 87.1 Å². The van der Waals surface area contributed by atoms with Gasteiger partial charge in [0.25, 0.3) is 0 Å². The zero-order valence-electron chi connectivity index (χ0n) is 26.6. The minimum Gasteiger partial charge on any atom is -0.505 e. The summed E-state index contributed by atoms with van der Waals surface area (Å²) in [6.45, 7) is 1.83. The molecule has 3 aromatic carbocycles. The highest BCUT2D eigenvalue weighted by Gasteiger charge is 2.58. The van der Waals surface area contributed by atoms with Crippen LogP contribution in [0.4, 0.5) is 36.4 Å². The Bertz CT molecular complexity index is 1840. The van der Waals surface area contributed by atoms with Gasteiger partial charge in [-0.15, -0.1) is 0 Å². The Morgan fingerprint density at radius 2 is 1.60 bits per heavy atom. The predicted molar refractivity (Wildman–Crippen MR) is 171 cm³/mol. The highest BCUT2D eigenvalue weighted by molar-refractivity contribution is 6.43. The molecule has 0 aromatic heterocycles. The number of benzene rings is 3. The highest BCUT2D eigenvalue weighted by atomic mass is 19.4. The number of nitrogens with zero attached hydrogens (tertiary/aromatic N) is 1. The number of anilines is 1. The van der Waals surface area contributed by atoms with Crippen LogP contribution in [0, 0.1) is 23.6 Å². The van der Waals surface area contributed by atoms with Gasteiger partial charge in [0.1, 0.15) is 0 Å². The Kier molecular flexibility index (Phi) is 9.46. The highest BCUT2D eigenvalue weighted by Crippen LogP contribution is 2.52. The molecular weight excluding hydrogens is 670 g/mol. The molecular formula is C36H31BF7NO5. The van der Waals surface area contributed by atoms with E-state index in [1.807, 2.05) is 37.3 Å². The summed E-state index contributed by atoms with van der Waals surface area (Å²) in [6, 6.07) is 13.9. The summed E-state index contributed by atoms with van der Waals surface area (Å²) < 4.78 is 102. The predicted octanol–water partition coefficient (Wildman–Crippen LogP) is 8.30. The molecule has 1 aliphatic carbocycles. The number of hydrogen-bond acceptors (Lipinski definition) is 5. The van der Waals surface area contributed by atoms with Gasteiger partial charge in [0.05, 0.1) is 34.8 Å². The van der Waals surface area contributed by atoms with Gasteiger partial charge in [0.15, 0.2) is 11.6 Å². The first-order valence-corrected chi connectivity index (χ1v) is 16.0. The van der Waals surface area contributed by atoms with Crippen molar-refractivity contribution in [2.75, 3.05) is 4.90 Å². The molecule has 2 saturated heterocycles. The molecule has 0 unspecified atom stereocenters. The van der Waals surface area contributed by atoms with Crippen LogP contribution in [0.3, 0.4) is 0 Å². The van der Waals surface area contributed by atoms with Gasteiger partial charge in [-0.25, -0.2) is 9.29 Å². The number of rotatable bonds is 7. The summed E-state index contributed by atoms with van der Waals surface area (Å²) in [5.41, 5.74) is -0.598. The number of imide groups is 1. The van der Waals surface area contributed by atoms with Crippen molar-refractivity contribution in [2.45, 2.75) is 57.4 Å². The average Bonchev–Trinajstić information content (AvgIpc) is 3.32. The van der Waals surface area contributed by atoms with Crippen molar-refractivity contribution in [2.24, 2.45) is 17.8 Å². The van der Waals surface area contributed by atoms with E-state index in [9.17, 15) is 50.5 Å². The van der Waals surface area contributed by atoms with Crippen molar-refractivity contribution in [1.82, 2.24) is 0 Å². The number of hydrogen-bond donors (Lipinski definition) is 2. The van der Waals surface area contributed by atoms with E-state index in [1.165, 1.54) is 12.1 Å². The van der Waals surface area contributed by atoms with E-state index >= 15 is 0 Å². The van der Waals surface area contributed by atoms with Crippen LogP contribution in [0.25, 0.3) is 11.6 Å². The van der Waals surface area contributed by atoms with Crippen LogP contribution in [0.2, 0.25) is 6.32 Å². The SMILES string of the molecule is CCC1=C2[C@@H](CC/C(=C/c3ccc(O)c(F)c3)c3ccccc3)OB(O)C[C@@H]2[C@@H]2C(=O)N(c3cc(C(F)(F)F)cc(C(F)(F)F)c3)C(=O)[C@@H]2C1. The summed E-state index contributed by atoms with van der Waals surface area (Å²) in [4.78, 5) is 28.2. The van der Waals surface area contributed by atoms with Crippen molar-refractivity contribution >= 4 is 36.3 Å². The van der Waals surface area contributed by atoms with Crippen LogP contribution in [0.15, 0.2) is 77.9 Å². The van der Waals surface area contributed by atoms with Gasteiger partial charge >= 0.3 is 19.5 Å². The largest absolute Gasteiger partial charge is 0.505 e. The van der Waals surface area contributed by atoms with E-state index in [4.69, 9.17) is 4.65 Å². The van der Waals surface area contributed by atoms with Gasteiger partial charge in [-0.05, 0) is 90.5 Å². The number of halogens is 7. The molecule has 0 saturated carbocycles. The normalized spacial score (nSPS) is 23.0. The fraction of sp³-hybridized carbons (Fsp3) is 0.333. The maximum Gasteiger partial charge on any atom is 0.455 e. The number of phenols is 1. The lowest BCUT2D eigenvalue weighted by Crippen LogP contribution is -2.46. The van der Waals surface area contributed by atoms with Gasteiger partial charge in [-0.3, -0.25) is 9.59 Å². The summed E-state index contributed by atoms with van der Waals surface area (Å²) >= 11 is 0. The average molecular weight is 701 g/mol. The Morgan fingerprint density at radius 3 is 2.20 bits per heavy atom. The number of amides is 2. The van der Waals surface area contributed by atoms with Crippen molar-refractivity contribution in [3.05, 3.63) is 106 Å². The van der Waals surface area contributed by atoms with Crippen LogP contribution >= 0.6 is 0 Å². The zero-order valence-corrected chi connectivity index (χ0v) is 26.6. The first-order chi connectivity index (χ1) is 23.6. The molecule has 50 heavy (non-hydrogen) atoms. The number of phenolic OH excluding ortho intramolecular Hbond substituents is 1. The lowest BCUT2D eigenvalue weighted by Gasteiger charge is -2.43. The standard InChI is InChI=1S/C36H31BF7NO5/c1-2-20-14-26-32(34(48)45(33(26)47)25-16-23(35(39,40)41)15-24(17-25)36(42,43)44)27-18-37(49)50-30(31(20)27)11-9-22(21-6-4-3-5-7-21)12-19-8-10-29(46)28(38)13-19/h3-8,10,12-13,15-17,26-27,30,32,46,49H,2,9,11,14,18H2,1H3/b22-12-/t26-,27+,30-,32-/m1/s1. The fourth-order valence-corrected chi connectivity index (χ4v) is 7.48. The Labute approximate surface area is 283 Å². The van der Waals surface area contributed by atoms with Gasteiger partial charge in [-0.1, -0.05) is 55.0 Å². The molecule has 2 amide bonds. The zero-order chi connectivity index (χ0) is 36.1.